The van der Waals surface area contributed by atoms with E-state index in [-0.39, 0.29) is 6.04 Å². The van der Waals surface area contributed by atoms with E-state index in [4.69, 9.17) is 14.5 Å². The zero-order chi connectivity index (χ0) is 20.0. The minimum atomic E-state index is 0.287. The Balaban J connectivity index is 1.99. The summed E-state index contributed by atoms with van der Waals surface area (Å²) in [4.78, 5) is 7.46. The van der Waals surface area contributed by atoms with Crippen molar-refractivity contribution in [3.8, 4) is 5.75 Å². The highest BCUT2D eigenvalue weighted by Gasteiger charge is 2.23. The van der Waals surface area contributed by atoms with E-state index in [0.717, 1.165) is 63.9 Å². The molecule has 0 aromatic heterocycles. The zero-order valence-electron chi connectivity index (χ0n) is 17.9. The lowest BCUT2D eigenvalue weighted by Crippen LogP contribution is -2.38. The Labute approximate surface area is 170 Å². The van der Waals surface area contributed by atoms with Gasteiger partial charge >= 0.3 is 0 Å². The molecular formula is C22H38N4O2. The molecule has 2 rings (SSSR count). The molecule has 2 N–H and O–H groups in total. The van der Waals surface area contributed by atoms with E-state index >= 15 is 0 Å². The SMILES string of the molecule is CCNC(=NCC(c1cccc(OC)c1)N1CCCC1)NCCCCCOC. The molecule has 0 spiro atoms. The summed E-state index contributed by atoms with van der Waals surface area (Å²) in [5.41, 5.74) is 1.28. The van der Waals surface area contributed by atoms with Crippen molar-refractivity contribution < 1.29 is 9.47 Å². The summed E-state index contributed by atoms with van der Waals surface area (Å²) in [6.07, 6.45) is 5.94. The van der Waals surface area contributed by atoms with E-state index in [2.05, 4.69) is 40.7 Å². The van der Waals surface area contributed by atoms with Crippen LogP contribution in [0, 0.1) is 0 Å². The highest BCUT2D eigenvalue weighted by Crippen LogP contribution is 2.27. The maximum absolute atomic E-state index is 5.44. The number of hydrogen-bond donors (Lipinski definition) is 2. The minimum Gasteiger partial charge on any atom is -0.497 e. The number of unbranched alkanes of at least 4 members (excludes halogenated alkanes) is 2. The van der Waals surface area contributed by atoms with E-state index in [1.54, 1.807) is 14.2 Å². The van der Waals surface area contributed by atoms with E-state index in [9.17, 15) is 0 Å². The van der Waals surface area contributed by atoms with Gasteiger partial charge in [0.2, 0.25) is 0 Å². The Morgan fingerprint density at radius 1 is 1.14 bits per heavy atom. The van der Waals surface area contributed by atoms with Crippen LogP contribution in [0.2, 0.25) is 0 Å². The van der Waals surface area contributed by atoms with Crippen molar-refractivity contribution in [2.45, 2.75) is 45.1 Å². The van der Waals surface area contributed by atoms with Crippen molar-refractivity contribution in [3.05, 3.63) is 29.8 Å². The van der Waals surface area contributed by atoms with Crippen molar-refractivity contribution in [2.24, 2.45) is 4.99 Å². The Hall–Kier alpha value is -1.79. The average Bonchev–Trinajstić information content (AvgIpc) is 3.25. The molecule has 0 aliphatic carbocycles. The van der Waals surface area contributed by atoms with Gasteiger partial charge in [-0.25, -0.2) is 0 Å². The summed E-state index contributed by atoms with van der Waals surface area (Å²) < 4.78 is 10.5. The quantitative estimate of drug-likeness (QED) is 0.326. The molecule has 158 valence electrons. The van der Waals surface area contributed by atoms with E-state index in [1.807, 2.05) is 6.07 Å². The molecule has 0 saturated carbocycles. The summed E-state index contributed by atoms with van der Waals surface area (Å²) >= 11 is 0. The van der Waals surface area contributed by atoms with Crippen molar-refractivity contribution >= 4 is 5.96 Å². The molecule has 0 radical (unpaired) electrons. The molecule has 1 fully saturated rings. The lowest BCUT2D eigenvalue weighted by atomic mass is 10.1. The van der Waals surface area contributed by atoms with Gasteiger partial charge < -0.3 is 20.1 Å². The number of aliphatic imine (C=N–C) groups is 1. The third kappa shape index (κ3) is 7.68. The maximum Gasteiger partial charge on any atom is 0.191 e. The van der Waals surface area contributed by atoms with Gasteiger partial charge in [-0.3, -0.25) is 9.89 Å². The number of methoxy groups -OCH3 is 2. The molecule has 0 amide bonds. The number of benzene rings is 1. The fraction of sp³-hybridized carbons (Fsp3) is 0.682. The van der Waals surface area contributed by atoms with Gasteiger partial charge in [0.1, 0.15) is 5.75 Å². The Bertz CT molecular complexity index is 573. The van der Waals surface area contributed by atoms with Gasteiger partial charge in [0.05, 0.1) is 19.7 Å². The summed E-state index contributed by atoms with van der Waals surface area (Å²) in [6.45, 7) is 7.77. The first-order valence-corrected chi connectivity index (χ1v) is 10.7. The third-order valence-corrected chi connectivity index (χ3v) is 5.14. The Kier molecular flexibility index (Phi) is 10.8. The predicted molar refractivity (Wildman–Crippen MR) is 116 cm³/mol. The number of guanidine groups is 1. The Morgan fingerprint density at radius 2 is 1.96 bits per heavy atom. The molecule has 0 bridgehead atoms. The van der Waals surface area contributed by atoms with Crippen LogP contribution in [0.5, 0.6) is 5.75 Å². The molecule has 1 saturated heterocycles. The lowest BCUT2D eigenvalue weighted by molar-refractivity contribution is 0.192. The standard InChI is InChI=1S/C22H38N4O2/c1-4-23-22(24-13-6-5-9-16-27-2)25-18-21(26-14-7-8-15-26)19-11-10-12-20(17-19)28-3/h10-12,17,21H,4-9,13-16,18H2,1-3H3,(H2,23,24,25). The van der Waals surface area contributed by atoms with Gasteiger partial charge in [-0.15, -0.1) is 0 Å². The summed E-state index contributed by atoms with van der Waals surface area (Å²) in [6, 6.07) is 8.70. The number of rotatable bonds is 12. The van der Waals surface area contributed by atoms with Gasteiger partial charge in [0.25, 0.3) is 0 Å². The second-order valence-electron chi connectivity index (χ2n) is 7.24. The van der Waals surface area contributed by atoms with E-state index in [1.165, 1.54) is 24.8 Å². The van der Waals surface area contributed by atoms with Crippen LogP contribution in [0.25, 0.3) is 0 Å². The van der Waals surface area contributed by atoms with Crippen LogP contribution in [0.15, 0.2) is 29.3 Å². The number of nitrogens with one attached hydrogen (secondary N) is 2. The molecule has 1 aliphatic heterocycles. The fourth-order valence-corrected chi connectivity index (χ4v) is 3.61. The van der Waals surface area contributed by atoms with E-state index < -0.39 is 0 Å². The first kappa shape index (κ1) is 22.5. The molecule has 1 aromatic carbocycles. The molecule has 1 unspecified atom stereocenters. The van der Waals surface area contributed by atoms with Gasteiger partial charge in [0.15, 0.2) is 5.96 Å². The molecule has 1 aliphatic rings. The highest BCUT2D eigenvalue weighted by molar-refractivity contribution is 5.79. The van der Waals surface area contributed by atoms with Gasteiger partial charge in [-0.2, -0.15) is 0 Å². The van der Waals surface area contributed by atoms with E-state index in [0.29, 0.717) is 0 Å². The summed E-state index contributed by atoms with van der Waals surface area (Å²) in [7, 11) is 3.48. The monoisotopic (exact) mass is 390 g/mol. The number of nitrogens with zero attached hydrogens (tertiary/aromatic N) is 2. The van der Waals surface area contributed by atoms with Crippen LogP contribution >= 0.6 is 0 Å². The third-order valence-electron chi connectivity index (χ3n) is 5.14. The predicted octanol–water partition coefficient (Wildman–Crippen LogP) is 3.20. The largest absolute Gasteiger partial charge is 0.497 e. The Morgan fingerprint density at radius 3 is 2.68 bits per heavy atom. The van der Waals surface area contributed by atoms with Crippen molar-refractivity contribution in [1.82, 2.24) is 15.5 Å². The summed E-state index contributed by atoms with van der Waals surface area (Å²) in [5.74, 6) is 1.81. The lowest BCUT2D eigenvalue weighted by Gasteiger charge is -2.27. The molecule has 28 heavy (non-hydrogen) atoms. The van der Waals surface area contributed by atoms with Gasteiger partial charge in [-0.1, -0.05) is 12.1 Å². The molecular weight excluding hydrogens is 352 g/mol. The number of likely N-dealkylation sites (tertiary alicyclic amines) is 1. The second kappa shape index (κ2) is 13.4. The topological polar surface area (TPSA) is 58.1 Å². The average molecular weight is 391 g/mol. The smallest absolute Gasteiger partial charge is 0.191 e. The highest BCUT2D eigenvalue weighted by atomic mass is 16.5. The van der Waals surface area contributed by atoms with Crippen LogP contribution < -0.4 is 15.4 Å². The first-order valence-electron chi connectivity index (χ1n) is 10.7. The maximum atomic E-state index is 5.44. The van der Waals surface area contributed by atoms with Crippen LogP contribution in [0.3, 0.4) is 0 Å². The molecule has 6 heteroatoms. The summed E-state index contributed by atoms with van der Waals surface area (Å²) in [5, 5.41) is 6.85. The van der Waals surface area contributed by atoms with Crippen molar-refractivity contribution in [1.29, 1.82) is 0 Å². The first-order chi connectivity index (χ1) is 13.8. The molecule has 1 aromatic rings. The minimum absolute atomic E-state index is 0.287. The number of ether oxygens (including phenoxy) is 2. The molecule has 1 atom stereocenters. The molecule has 6 nitrogen and oxygen atoms in total. The molecule has 1 heterocycles. The van der Waals surface area contributed by atoms with Gasteiger partial charge in [-0.05, 0) is 69.8 Å². The second-order valence-corrected chi connectivity index (χ2v) is 7.24. The van der Waals surface area contributed by atoms with Crippen LogP contribution in [-0.4, -0.2) is 64.4 Å². The van der Waals surface area contributed by atoms with Crippen molar-refractivity contribution in [3.63, 3.8) is 0 Å². The van der Waals surface area contributed by atoms with Crippen LogP contribution in [-0.2, 0) is 4.74 Å². The van der Waals surface area contributed by atoms with Gasteiger partial charge in [0, 0.05) is 26.8 Å². The van der Waals surface area contributed by atoms with Crippen LogP contribution in [0.1, 0.15) is 50.6 Å². The van der Waals surface area contributed by atoms with Crippen LogP contribution in [0.4, 0.5) is 0 Å². The normalized spacial score (nSPS) is 16.2. The fourth-order valence-electron chi connectivity index (χ4n) is 3.61. The van der Waals surface area contributed by atoms with Crippen molar-refractivity contribution in [2.75, 3.05) is 53.6 Å². The number of hydrogen-bond acceptors (Lipinski definition) is 4. The zero-order valence-corrected chi connectivity index (χ0v) is 17.9.